The fourth-order valence-electron chi connectivity index (χ4n) is 3.46. The predicted octanol–water partition coefficient (Wildman–Crippen LogP) is 3.78. The van der Waals surface area contributed by atoms with Crippen molar-refractivity contribution in [1.29, 1.82) is 0 Å². The number of nitrogens with zero attached hydrogens (tertiary/aromatic N) is 2. The Labute approximate surface area is 134 Å². The third-order valence-electron chi connectivity index (χ3n) is 4.48. The summed E-state index contributed by atoms with van der Waals surface area (Å²) in [5, 5.41) is 9.50. The molecule has 0 saturated carbocycles. The van der Waals surface area contributed by atoms with E-state index in [1.54, 1.807) is 6.33 Å². The molecule has 4 nitrogen and oxygen atoms in total. The van der Waals surface area contributed by atoms with E-state index in [1.165, 1.54) is 11.1 Å². The Bertz CT molecular complexity index is 868. The molecule has 1 heterocycles. The van der Waals surface area contributed by atoms with E-state index in [1.807, 2.05) is 41.0 Å². The summed E-state index contributed by atoms with van der Waals surface area (Å²) in [7, 11) is 0. The first-order chi connectivity index (χ1) is 11.3. The van der Waals surface area contributed by atoms with Crippen LogP contribution in [0.1, 0.15) is 34.1 Å². The number of benzene rings is 2. The van der Waals surface area contributed by atoms with Gasteiger partial charge in [-0.2, -0.15) is 0 Å². The molecule has 0 aliphatic heterocycles. The van der Waals surface area contributed by atoms with Gasteiger partial charge in [0.2, 0.25) is 0 Å². The van der Waals surface area contributed by atoms with Gasteiger partial charge in [-0.1, -0.05) is 54.6 Å². The summed E-state index contributed by atoms with van der Waals surface area (Å²) in [4.78, 5) is 15.8. The topological polar surface area (TPSA) is 55.1 Å². The molecule has 1 N–H and O–H groups in total. The molecular formula is C19H16N2O2. The maximum absolute atomic E-state index is 11.6. The van der Waals surface area contributed by atoms with Gasteiger partial charge in [-0.25, -0.2) is 9.78 Å². The Morgan fingerprint density at radius 1 is 1.09 bits per heavy atom. The van der Waals surface area contributed by atoms with Crippen molar-refractivity contribution < 1.29 is 9.90 Å². The lowest BCUT2D eigenvalue weighted by Crippen LogP contribution is -2.09. The van der Waals surface area contributed by atoms with Crippen LogP contribution in [0.3, 0.4) is 0 Å². The van der Waals surface area contributed by atoms with Gasteiger partial charge in [0.15, 0.2) is 5.69 Å². The highest BCUT2D eigenvalue weighted by molar-refractivity contribution is 5.93. The summed E-state index contributed by atoms with van der Waals surface area (Å²) < 4.78 is 2.02. The number of aromatic nitrogens is 2. The third-order valence-corrected chi connectivity index (χ3v) is 4.48. The maximum Gasteiger partial charge on any atom is 0.356 e. The minimum atomic E-state index is -0.992. The lowest BCUT2D eigenvalue weighted by Gasteiger charge is -2.17. The number of carbonyl (C=O) groups is 1. The zero-order valence-electron chi connectivity index (χ0n) is 12.5. The minimum absolute atomic E-state index is 0.112. The number of aromatic carboxylic acids is 1. The van der Waals surface area contributed by atoms with Gasteiger partial charge in [-0.05, 0) is 24.0 Å². The Morgan fingerprint density at radius 2 is 1.83 bits per heavy atom. The van der Waals surface area contributed by atoms with E-state index < -0.39 is 5.97 Å². The van der Waals surface area contributed by atoms with E-state index in [9.17, 15) is 9.90 Å². The van der Waals surface area contributed by atoms with E-state index in [0.29, 0.717) is 5.69 Å². The fourth-order valence-corrected chi connectivity index (χ4v) is 3.46. The standard InChI is InChI=1S/C19H16N2O2/c22-19(23)17-18(14-7-2-1-3-8-14)21(12-20-17)16-11-10-13-6-4-5-9-15(13)16/h1-9,12,16H,10-11H2,(H,22,23). The van der Waals surface area contributed by atoms with Gasteiger partial charge in [0.05, 0.1) is 18.1 Å². The van der Waals surface area contributed by atoms with Gasteiger partial charge in [0.25, 0.3) is 0 Å². The number of carboxylic acid groups (broad SMARTS) is 1. The average Bonchev–Trinajstić information content (AvgIpc) is 3.19. The normalized spacial score (nSPS) is 16.3. The minimum Gasteiger partial charge on any atom is -0.476 e. The zero-order chi connectivity index (χ0) is 15.8. The van der Waals surface area contributed by atoms with Gasteiger partial charge in [0.1, 0.15) is 0 Å². The molecule has 0 radical (unpaired) electrons. The molecule has 0 fully saturated rings. The van der Waals surface area contributed by atoms with E-state index in [-0.39, 0.29) is 11.7 Å². The molecule has 4 rings (SSSR count). The van der Waals surface area contributed by atoms with Gasteiger partial charge in [0, 0.05) is 5.56 Å². The Hall–Kier alpha value is -2.88. The van der Waals surface area contributed by atoms with Gasteiger partial charge in [-0.15, -0.1) is 0 Å². The van der Waals surface area contributed by atoms with Crippen LogP contribution in [-0.2, 0) is 6.42 Å². The third kappa shape index (κ3) is 2.23. The number of fused-ring (bicyclic) bond motifs is 1. The zero-order valence-corrected chi connectivity index (χ0v) is 12.5. The van der Waals surface area contributed by atoms with Crippen LogP contribution in [0.25, 0.3) is 11.3 Å². The second kappa shape index (κ2) is 5.39. The number of imidazole rings is 1. The number of rotatable bonds is 3. The number of carboxylic acids is 1. The van der Waals surface area contributed by atoms with Crippen molar-refractivity contribution in [3.8, 4) is 11.3 Å². The monoisotopic (exact) mass is 304 g/mol. The molecule has 4 heteroatoms. The highest BCUT2D eigenvalue weighted by Crippen LogP contribution is 2.37. The van der Waals surface area contributed by atoms with Crippen molar-refractivity contribution in [3.05, 3.63) is 77.7 Å². The van der Waals surface area contributed by atoms with Gasteiger partial charge < -0.3 is 9.67 Å². The molecule has 1 aliphatic rings. The molecule has 1 aliphatic carbocycles. The second-order valence-electron chi connectivity index (χ2n) is 5.77. The highest BCUT2D eigenvalue weighted by Gasteiger charge is 2.28. The SMILES string of the molecule is O=C(O)c1ncn(C2CCc3ccccc32)c1-c1ccccc1. The van der Waals surface area contributed by atoms with E-state index in [0.717, 1.165) is 18.4 Å². The van der Waals surface area contributed by atoms with Crippen molar-refractivity contribution in [2.24, 2.45) is 0 Å². The second-order valence-corrected chi connectivity index (χ2v) is 5.77. The van der Waals surface area contributed by atoms with Crippen LogP contribution in [0.15, 0.2) is 60.9 Å². The molecule has 3 aromatic rings. The smallest absolute Gasteiger partial charge is 0.356 e. The lowest BCUT2D eigenvalue weighted by molar-refractivity contribution is 0.0692. The first kappa shape index (κ1) is 13.8. The summed E-state index contributed by atoms with van der Waals surface area (Å²) in [6.07, 6.45) is 3.64. The van der Waals surface area contributed by atoms with Crippen molar-refractivity contribution in [3.63, 3.8) is 0 Å². The van der Waals surface area contributed by atoms with E-state index in [2.05, 4.69) is 23.2 Å². The number of aryl methyl sites for hydroxylation is 1. The Kier molecular flexibility index (Phi) is 3.23. The predicted molar refractivity (Wildman–Crippen MR) is 87.5 cm³/mol. The quantitative estimate of drug-likeness (QED) is 0.801. The van der Waals surface area contributed by atoms with E-state index >= 15 is 0 Å². The summed E-state index contributed by atoms with van der Waals surface area (Å²) in [5.41, 5.74) is 4.27. The number of hydrogen-bond donors (Lipinski definition) is 1. The van der Waals surface area contributed by atoms with Crippen LogP contribution >= 0.6 is 0 Å². The molecule has 0 spiro atoms. The Morgan fingerprint density at radius 3 is 2.61 bits per heavy atom. The maximum atomic E-state index is 11.6. The van der Waals surface area contributed by atoms with Crippen LogP contribution in [-0.4, -0.2) is 20.6 Å². The van der Waals surface area contributed by atoms with Crippen molar-refractivity contribution in [2.45, 2.75) is 18.9 Å². The first-order valence-corrected chi connectivity index (χ1v) is 7.69. The summed E-state index contributed by atoms with van der Waals surface area (Å²) in [5.74, 6) is -0.992. The lowest BCUT2D eigenvalue weighted by atomic mass is 10.1. The molecule has 1 atom stereocenters. The van der Waals surface area contributed by atoms with Crippen LogP contribution in [0.4, 0.5) is 0 Å². The van der Waals surface area contributed by atoms with E-state index in [4.69, 9.17) is 0 Å². The van der Waals surface area contributed by atoms with Crippen molar-refractivity contribution in [1.82, 2.24) is 9.55 Å². The Balaban J connectivity index is 1.89. The van der Waals surface area contributed by atoms with Gasteiger partial charge in [-0.3, -0.25) is 0 Å². The molecule has 1 aromatic heterocycles. The molecule has 114 valence electrons. The summed E-state index contributed by atoms with van der Waals surface area (Å²) in [6.45, 7) is 0. The highest BCUT2D eigenvalue weighted by atomic mass is 16.4. The molecule has 0 bridgehead atoms. The molecule has 0 saturated heterocycles. The largest absolute Gasteiger partial charge is 0.476 e. The van der Waals surface area contributed by atoms with Crippen LogP contribution in [0.2, 0.25) is 0 Å². The van der Waals surface area contributed by atoms with Crippen molar-refractivity contribution >= 4 is 5.97 Å². The molecule has 23 heavy (non-hydrogen) atoms. The molecule has 0 amide bonds. The van der Waals surface area contributed by atoms with Gasteiger partial charge >= 0.3 is 5.97 Å². The summed E-state index contributed by atoms with van der Waals surface area (Å²) >= 11 is 0. The summed E-state index contributed by atoms with van der Waals surface area (Å²) in [6, 6.07) is 18.1. The molecular weight excluding hydrogens is 288 g/mol. The average molecular weight is 304 g/mol. The van der Waals surface area contributed by atoms with Crippen LogP contribution in [0, 0.1) is 0 Å². The van der Waals surface area contributed by atoms with Crippen molar-refractivity contribution in [2.75, 3.05) is 0 Å². The van der Waals surface area contributed by atoms with Crippen LogP contribution in [0.5, 0.6) is 0 Å². The fraction of sp³-hybridized carbons (Fsp3) is 0.158. The molecule has 1 unspecified atom stereocenters. The van der Waals surface area contributed by atoms with Crippen LogP contribution < -0.4 is 0 Å². The first-order valence-electron chi connectivity index (χ1n) is 7.69. The number of hydrogen-bond acceptors (Lipinski definition) is 2. The molecule has 2 aromatic carbocycles.